The van der Waals surface area contributed by atoms with Crippen molar-refractivity contribution in [3.05, 3.63) is 28.8 Å². The molecule has 0 aromatic heterocycles. The molecule has 0 atom stereocenters. The number of hydrogen-bond acceptors (Lipinski definition) is 3. The molecule has 2 N–H and O–H groups in total. The molecule has 0 bridgehead atoms. The molecule has 0 unspecified atom stereocenters. The third kappa shape index (κ3) is 4.87. The first-order chi connectivity index (χ1) is 10.1. The maximum absolute atomic E-state index is 12.5. The number of halogens is 2. The van der Waals surface area contributed by atoms with E-state index in [9.17, 15) is 9.59 Å². The second-order valence-corrected chi connectivity index (χ2v) is 5.53. The summed E-state index contributed by atoms with van der Waals surface area (Å²) in [5.74, 6) is -0.193. The van der Waals surface area contributed by atoms with Crippen molar-refractivity contribution in [1.29, 1.82) is 0 Å². The monoisotopic (exact) mass is 345 g/mol. The van der Waals surface area contributed by atoms with Crippen molar-refractivity contribution in [3.63, 3.8) is 0 Å². The number of likely N-dealkylation sites (tertiary alicyclic amines) is 1. The van der Waals surface area contributed by atoms with Gasteiger partial charge in [-0.2, -0.15) is 0 Å². The summed E-state index contributed by atoms with van der Waals surface area (Å²) in [6.45, 7) is 2.12. The summed E-state index contributed by atoms with van der Waals surface area (Å²) in [4.78, 5) is 26.2. The van der Waals surface area contributed by atoms with Crippen LogP contribution in [-0.2, 0) is 4.79 Å². The van der Waals surface area contributed by atoms with Gasteiger partial charge in [0.25, 0.3) is 5.91 Å². The molecule has 1 aliphatic heterocycles. The van der Waals surface area contributed by atoms with Crippen molar-refractivity contribution in [3.8, 4) is 0 Å². The average molecular weight is 346 g/mol. The Hall–Kier alpha value is -1.30. The lowest BCUT2D eigenvalue weighted by molar-refractivity contribution is -0.116. The van der Waals surface area contributed by atoms with Gasteiger partial charge in [0.15, 0.2) is 0 Å². The second kappa shape index (κ2) is 8.98. The highest BCUT2D eigenvalue weighted by molar-refractivity contribution is 6.31. The minimum absolute atomic E-state index is 0. The zero-order chi connectivity index (χ0) is 15.2. The zero-order valence-corrected chi connectivity index (χ0v) is 14.1. The fourth-order valence-corrected chi connectivity index (χ4v) is 2.52. The third-order valence-corrected chi connectivity index (χ3v) is 3.72. The van der Waals surface area contributed by atoms with E-state index in [2.05, 4.69) is 10.6 Å². The molecule has 122 valence electrons. The van der Waals surface area contributed by atoms with E-state index in [-0.39, 0.29) is 24.2 Å². The smallest absolute Gasteiger partial charge is 0.256 e. The van der Waals surface area contributed by atoms with Gasteiger partial charge in [-0.05, 0) is 38.1 Å². The number of nitrogens with zero attached hydrogens (tertiary/aromatic N) is 1. The number of carbonyl (C=O) groups is 2. The van der Waals surface area contributed by atoms with E-state index in [4.69, 9.17) is 11.6 Å². The summed E-state index contributed by atoms with van der Waals surface area (Å²) in [7, 11) is 1.79. The number of carbonyl (C=O) groups excluding carboxylic acids is 2. The molecule has 0 radical (unpaired) electrons. The molecule has 0 saturated carbocycles. The molecule has 22 heavy (non-hydrogen) atoms. The van der Waals surface area contributed by atoms with Gasteiger partial charge in [-0.1, -0.05) is 11.6 Å². The third-order valence-electron chi connectivity index (χ3n) is 3.48. The van der Waals surface area contributed by atoms with Crippen LogP contribution >= 0.6 is 24.0 Å². The van der Waals surface area contributed by atoms with E-state index in [1.807, 2.05) is 0 Å². The average Bonchev–Trinajstić information content (AvgIpc) is 3.00. The lowest BCUT2D eigenvalue weighted by atomic mass is 10.1. The number of hydrogen-bond donors (Lipinski definition) is 2. The maximum Gasteiger partial charge on any atom is 0.256 e. The standard InChI is InChI=1S/C15H20ClN3O2.ClH/c1-17-7-6-14(20)18-13-5-4-11(16)10-12(13)15(21)19-8-2-3-9-19;/h4-5,10,17H,2-3,6-9H2,1H3,(H,18,20);1H. The lowest BCUT2D eigenvalue weighted by Crippen LogP contribution is -2.29. The van der Waals surface area contributed by atoms with Crippen LogP contribution in [0.3, 0.4) is 0 Å². The topological polar surface area (TPSA) is 61.4 Å². The second-order valence-electron chi connectivity index (χ2n) is 5.09. The van der Waals surface area contributed by atoms with Gasteiger partial charge in [-0.25, -0.2) is 0 Å². The van der Waals surface area contributed by atoms with Crippen molar-refractivity contribution >= 4 is 41.5 Å². The Kier molecular flexibility index (Phi) is 7.65. The summed E-state index contributed by atoms with van der Waals surface area (Å²) in [5.41, 5.74) is 0.986. The highest BCUT2D eigenvalue weighted by Gasteiger charge is 2.22. The molecule has 1 aliphatic rings. The van der Waals surface area contributed by atoms with E-state index in [0.717, 1.165) is 25.9 Å². The normalized spacial score (nSPS) is 13.6. The largest absolute Gasteiger partial charge is 0.339 e. The molecular weight excluding hydrogens is 325 g/mol. The summed E-state index contributed by atoms with van der Waals surface area (Å²) in [6.07, 6.45) is 2.41. The SMILES string of the molecule is CNCCC(=O)Nc1ccc(Cl)cc1C(=O)N1CCCC1.Cl. The summed E-state index contributed by atoms with van der Waals surface area (Å²) in [5, 5.41) is 6.20. The summed E-state index contributed by atoms with van der Waals surface area (Å²) in [6, 6.07) is 4.98. The van der Waals surface area contributed by atoms with Crippen molar-refractivity contribution in [2.24, 2.45) is 0 Å². The van der Waals surface area contributed by atoms with Crippen molar-refractivity contribution < 1.29 is 9.59 Å². The van der Waals surface area contributed by atoms with Crippen LogP contribution in [0.15, 0.2) is 18.2 Å². The Bertz CT molecular complexity index is 532. The van der Waals surface area contributed by atoms with Gasteiger partial charge in [0.05, 0.1) is 11.3 Å². The highest BCUT2D eigenvalue weighted by atomic mass is 35.5. The molecule has 1 aromatic rings. The molecule has 1 heterocycles. The van der Waals surface area contributed by atoms with Gasteiger partial charge >= 0.3 is 0 Å². The lowest BCUT2D eigenvalue weighted by Gasteiger charge is -2.18. The molecular formula is C15H21Cl2N3O2. The molecule has 2 amide bonds. The van der Waals surface area contributed by atoms with Gasteiger partial charge in [0, 0.05) is 31.1 Å². The van der Waals surface area contributed by atoms with Crippen LogP contribution in [0.1, 0.15) is 29.6 Å². The van der Waals surface area contributed by atoms with Crippen molar-refractivity contribution in [2.75, 3.05) is 32.0 Å². The van der Waals surface area contributed by atoms with Crippen LogP contribution in [-0.4, -0.2) is 43.4 Å². The number of nitrogens with one attached hydrogen (secondary N) is 2. The summed E-state index contributed by atoms with van der Waals surface area (Å²) >= 11 is 5.99. The Morgan fingerprint density at radius 2 is 1.95 bits per heavy atom. The molecule has 5 nitrogen and oxygen atoms in total. The fraction of sp³-hybridized carbons (Fsp3) is 0.467. The Balaban J connectivity index is 0.00000242. The minimum atomic E-state index is -0.123. The quantitative estimate of drug-likeness (QED) is 0.861. The first kappa shape index (κ1) is 18.7. The van der Waals surface area contributed by atoms with Crippen LogP contribution < -0.4 is 10.6 Å². The van der Waals surface area contributed by atoms with Crippen molar-refractivity contribution in [1.82, 2.24) is 10.2 Å². The first-order valence-corrected chi connectivity index (χ1v) is 7.53. The van der Waals surface area contributed by atoms with Crippen LogP contribution in [0.25, 0.3) is 0 Å². The number of benzene rings is 1. The zero-order valence-electron chi connectivity index (χ0n) is 12.5. The van der Waals surface area contributed by atoms with E-state index in [0.29, 0.717) is 29.2 Å². The van der Waals surface area contributed by atoms with Gasteiger partial charge in [-0.3, -0.25) is 9.59 Å². The Morgan fingerprint density at radius 3 is 2.59 bits per heavy atom. The molecule has 0 spiro atoms. The minimum Gasteiger partial charge on any atom is -0.339 e. The van der Waals surface area contributed by atoms with E-state index in [1.54, 1.807) is 30.1 Å². The van der Waals surface area contributed by atoms with Crippen LogP contribution in [0.4, 0.5) is 5.69 Å². The van der Waals surface area contributed by atoms with Crippen LogP contribution in [0.5, 0.6) is 0 Å². The summed E-state index contributed by atoms with van der Waals surface area (Å²) < 4.78 is 0. The Labute approximate surface area is 141 Å². The maximum atomic E-state index is 12.5. The molecule has 0 aliphatic carbocycles. The number of amides is 2. The van der Waals surface area contributed by atoms with Gasteiger partial charge in [-0.15, -0.1) is 12.4 Å². The number of anilines is 1. The van der Waals surface area contributed by atoms with E-state index >= 15 is 0 Å². The van der Waals surface area contributed by atoms with Crippen molar-refractivity contribution in [2.45, 2.75) is 19.3 Å². The molecule has 1 aromatic carbocycles. The van der Waals surface area contributed by atoms with Crippen LogP contribution in [0.2, 0.25) is 5.02 Å². The predicted octanol–water partition coefficient (Wildman–Crippen LogP) is 2.55. The van der Waals surface area contributed by atoms with Gasteiger partial charge < -0.3 is 15.5 Å². The molecule has 1 saturated heterocycles. The highest BCUT2D eigenvalue weighted by Crippen LogP contribution is 2.24. The predicted molar refractivity (Wildman–Crippen MR) is 91.0 cm³/mol. The first-order valence-electron chi connectivity index (χ1n) is 7.15. The Morgan fingerprint density at radius 1 is 1.27 bits per heavy atom. The van der Waals surface area contributed by atoms with E-state index < -0.39 is 0 Å². The number of rotatable bonds is 5. The fourth-order valence-electron chi connectivity index (χ4n) is 2.34. The van der Waals surface area contributed by atoms with E-state index in [1.165, 1.54) is 0 Å². The van der Waals surface area contributed by atoms with Gasteiger partial charge in [0.1, 0.15) is 0 Å². The van der Waals surface area contributed by atoms with Crippen LogP contribution in [0, 0.1) is 0 Å². The van der Waals surface area contributed by atoms with Gasteiger partial charge in [0.2, 0.25) is 5.91 Å². The molecule has 1 fully saturated rings. The molecule has 7 heteroatoms. The molecule has 2 rings (SSSR count).